The highest BCUT2D eigenvalue weighted by Crippen LogP contribution is 2.25. The zero-order valence-corrected chi connectivity index (χ0v) is 12.5. The van der Waals surface area contributed by atoms with Crippen molar-refractivity contribution in [2.45, 2.75) is 24.3 Å². The van der Waals surface area contributed by atoms with E-state index in [-0.39, 0.29) is 22.5 Å². The van der Waals surface area contributed by atoms with Gasteiger partial charge < -0.3 is 11.2 Å². The highest BCUT2D eigenvalue weighted by molar-refractivity contribution is 8.00. The van der Waals surface area contributed by atoms with Crippen LogP contribution in [-0.2, 0) is 4.79 Å². The van der Waals surface area contributed by atoms with Crippen LogP contribution in [0.15, 0.2) is 29.4 Å². The predicted molar refractivity (Wildman–Crippen MR) is 79.6 cm³/mol. The normalized spacial score (nSPS) is 12.1. The first-order valence-corrected chi connectivity index (χ1v) is 7.32. The molecule has 0 saturated heterocycles. The van der Waals surface area contributed by atoms with E-state index in [1.54, 1.807) is 25.1 Å². The van der Waals surface area contributed by atoms with Gasteiger partial charge in [-0.05, 0) is 26.0 Å². The van der Waals surface area contributed by atoms with E-state index in [1.165, 1.54) is 22.5 Å². The van der Waals surface area contributed by atoms with Crippen molar-refractivity contribution in [3.8, 4) is 11.4 Å². The molecular weight excluding hydrogens is 293 g/mol. The summed E-state index contributed by atoms with van der Waals surface area (Å²) in [6, 6.07) is 6.18. The second kappa shape index (κ2) is 6.57. The molecule has 1 aromatic heterocycles. The van der Waals surface area contributed by atoms with Gasteiger partial charge in [0.2, 0.25) is 11.1 Å². The van der Waals surface area contributed by atoms with Gasteiger partial charge in [0.25, 0.3) is 0 Å². The summed E-state index contributed by atoms with van der Waals surface area (Å²) in [5, 5.41) is 10.5. The van der Waals surface area contributed by atoms with Crippen LogP contribution in [0.2, 0.25) is 0 Å². The highest BCUT2D eigenvalue weighted by Gasteiger charge is 2.20. The molecule has 1 amide bonds. The number of rotatable bonds is 5. The van der Waals surface area contributed by atoms with Crippen LogP contribution in [-0.4, -0.2) is 32.6 Å². The minimum absolute atomic E-state index is 0.113. The van der Waals surface area contributed by atoms with Gasteiger partial charge in [0.15, 0.2) is 5.82 Å². The molecule has 0 bridgehead atoms. The van der Waals surface area contributed by atoms with E-state index in [2.05, 4.69) is 15.5 Å². The van der Waals surface area contributed by atoms with Crippen molar-refractivity contribution < 1.29 is 9.18 Å². The number of nitrogen functional groups attached to an aromatic ring is 1. The first-order chi connectivity index (χ1) is 10.0. The number of halogens is 1. The molecule has 0 aliphatic heterocycles. The van der Waals surface area contributed by atoms with Gasteiger partial charge in [-0.1, -0.05) is 23.9 Å². The Morgan fingerprint density at radius 1 is 1.48 bits per heavy atom. The maximum atomic E-state index is 13.7. The Labute approximate surface area is 125 Å². The molecule has 2 aromatic rings. The molecular formula is C13H16FN5OS. The Morgan fingerprint density at radius 3 is 2.86 bits per heavy atom. The number of nitrogens with one attached hydrogen (secondary N) is 1. The number of carbonyl (C=O) groups excluding carboxylic acids is 1. The number of benzene rings is 1. The van der Waals surface area contributed by atoms with E-state index < -0.39 is 5.82 Å². The number of carbonyl (C=O) groups is 1. The average molecular weight is 309 g/mol. The molecule has 6 nitrogen and oxygen atoms in total. The molecule has 0 aliphatic carbocycles. The van der Waals surface area contributed by atoms with E-state index in [4.69, 9.17) is 5.84 Å². The Hall–Kier alpha value is -2.09. The minimum atomic E-state index is -0.426. The van der Waals surface area contributed by atoms with Gasteiger partial charge in [0.05, 0.1) is 10.8 Å². The molecule has 0 saturated carbocycles. The molecule has 0 unspecified atom stereocenters. The quantitative estimate of drug-likeness (QED) is 0.644. The van der Waals surface area contributed by atoms with Crippen LogP contribution in [0.3, 0.4) is 0 Å². The summed E-state index contributed by atoms with van der Waals surface area (Å²) < 4.78 is 14.9. The van der Waals surface area contributed by atoms with Gasteiger partial charge in [-0.3, -0.25) is 4.79 Å². The molecule has 0 spiro atoms. The van der Waals surface area contributed by atoms with Gasteiger partial charge >= 0.3 is 0 Å². The second-order valence-electron chi connectivity index (χ2n) is 4.31. The van der Waals surface area contributed by atoms with Gasteiger partial charge in [-0.25, -0.2) is 9.07 Å². The van der Waals surface area contributed by atoms with E-state index in [0.29, 0.717) is 11.7 Å². The van der Waals surface area contributed by atoms with Crippen molar-refractivity contribution in [1.29, 1.82) is 0 Å². The van der Waals surface area contributed by atoms with Crippen LogP contribution in [0, 0.1) is 5.82 Å². The van der Waals surface area contributed by atoms with Gasteiger partial charge in [-0.2, -0.15) is 0 Å². The molecule has 1 atom stereocenters. The van der Waals surface area contributed by atoms with Crippen LogP contribution < -0.4 is 11.2 Å². The summed E-state index contributed by atoms with van der Waals surface area (Å²) in [5.74, 6) is 5.58. The summed E-state index contributed by atoms with van der Waals surface area (Å²) >= 11 is 1.17. The smallest absolute Gasteiger partial charge is 0.233 e. The van der Waals surface area contributed by atoms with Crippen molar-refractivity contribution in [2.24, 2.45) is 0 Å². The Bertz CT molecular complexity index is 645. The first-order valence-electron chi connectivity index (χ1n) is 6.44. The topological polar surface area (TPSA) is 85.8 Å². The SMILES string of the molecule is CCNC(=O)[C@H](C)Sc1nnc(-c2ccccc2F)n1N. The number of nitrogens with two attached hydrogens (primary N) is 1. The number of amides is 1. The molecule has 1 heterocycles. The Kier molecular flexibility index (Phi) is 4.79. The third-order valence-electron chi connectivity index (χ3n) is 2.78. The van der Waals surface area contributed by atoms with E-state index in [9.17, 15) is 9.18 Å². The fraction of sp³-hybridized carbons (Fsp3) is 0.308. The fourth-order valence-corrected chi connectivity index (χ4v) is 2.51. The van der Waals surface area contributed by atoms with Crippen LogP contribution in [0.5, 0.6) is 0 Å². The number of hydrogen-bond acceptors (Lipinski definition) is 5. The van der Waals surface area contributed by atoms with Crippen molar-refractivity contribution >= 4 is 17.7 Å². The molecule has 8 heteroatoms. The van der Waals surface area contributed by atoms with Crippen LogP contribution in [0.25, 0.3) is 11.4 Å². The summed E-state index contributed by atoms with van der Waals surface area (Å²) in [6.45, 7) is 4.14. The van der Waals surface area contributed by atoms with Crippen LogP contribution >= 0.6 is 11.8 Å². The number of hydrogen-bond donors (Lipinski definition) is 2. The molecule has 1 aromatic carbocycles. The molecule has 2 rings (SSSR count). The minimum Gasteiger partial charge on any atom is -0.355 e. The maximum absolute atomic E-state index is 13.7. The van der Waals surface area contributed by atoms with Gasteiger partial charge in [0.1, 0.15) is 5.82 Å². The van der Waals surface area contributed by atoms with Crippen molar-refractivity contribution in [3.63, 3.8) is 0 Å². The lowest BCUT2D eigenvalue weighted by molar-refractivity contribution is -0.120. The summed E-state index contributed by atoms with van der Waals surface area (Å²) in [7, 11) is 0. The first kappa shape index (κ1) is 15.3. The average Bonchev–Trinajstić information content (AvgIpc) is 2.81. The Morgan fingerprint density at radius 2 is 2.19 bits per heavy atom. The summed E-state index contributed by atoms with van der Waals surface area (Å²) in [4.78, 5) is 11.7. The van der Waals surface area contributed by atoms with Crippen molar-refractivity contribution in [3.05, 3.63) is 30.1 Å². The zero-order valence-electron chi connectivity index (χ0n) is 11.7. The second-order valence-corrected chi connectivity index (χ2v) is 5.62. The van der Waals surface area contributed by atoms with Crippen LogP contribution in [0.1, 0.15) is 13.8 Å². The predicted octanol–water partition coefficient (Wildman–Crippen LogP) is 1.41. The molecule has 0 aliphatic rings. The lowest BCUT2D eigenvalue weighted by Crippen LogP contribution is -2.31. The Balaban J connectivity index is 2.22. The number of aromatic nitrogens is 3. The third kappa shape index (κ3) is 3.33. The molecule has 3 N–H and O–H groups in total. The molecule has 0 fully saturated rings. The van der Waals surface area contributed by atoms with E-state index >= 15 is 0 Å². The maximum Gasteiger partial charge on any atom is 0.233 e. The molecule has 21 heavy (non-hydrogen) atoms. The van der Waals surface area contributed by atoms with E-state index in [0.717, 1.165) is 0 Å². The van der Waals surface area contributed by atoms with E-state index in [1.807, 2.05) is 6.92 Å². The standard InChI is InChI=1S/C13H16FN5OS/c1-3-16-12(20)8(2)21-13-18-17-11(19(13)15)9-6-4-5-7-10(9)14/h4-8H,3,15H2,1-2H3,(H,16,20)/t8-/m0/s1. The lowest BCUT2D eigenvalue weighted by atomic mass is 10.2. The molecule has 0 radical (unpaired) electrons. The van der Waals surface area contributed by atoms with Gasteiger partial charge in [0, 0.05) is 6.54 Å². The largest absolute Gasteiger partial charge is 0.355 e. The summed E-state index contributed by atoms with van der Waals surface area (Å²) in [6.07, 6.45) is 0. The third-order valence-corrected chi connectivity index (χ3v) is 3.84. The number of thioether (sulfide) groups is 1. The summed E-state index contributed by atoms with van der Waals surface area (Å²) in [5.41, 5.74) is 0.269. The monoisotopic (exact) mass is 309 g/mol. The van der Waals surface area contributed by atoms with Crippen molar-refractivity contribution in [1.82, 2.24) is 20.2 Å². The zero-order chi connectivity index (χ0) is 15.4. The van der Waals surface area contributed by atoms with Crippen molar-refractivity contribution in [2.75, 3.05) is 12.4 Å². The van der Waals surface area contributed by atoms with Gasteiger partial charge in [-0.15, -0.1) is 10.2 Å². The molecule has 112 valence electrons. The number of nitrogens with zero attached hydrogens (tertiary/aromatic N) is 3. The highest BCUT2D eigenvalue weighted by atomic mass is 32.2. The van der Waals surface area contributed by atoms with Crippen LogP contribution in [0.4, 0.5) is 4.39 Å². The fourth-order valence-electron chi connectivity index (χ4n) is 1.71. The lowest BCUT2D eigenvalue weighted by Gasteiger charge is -2.10.